The third-order valence-corrected chi connectivity index (χ3v) is 6.80. The Hall–Kier alpha value is -2.74. The molecule has 1 saturated heterocycles. The summed E-state index contributed by atoms with van der Waals surface area (Å²) in [5.41, 5.74) is 3.06. The van der Waals surface area contributed by atoms with Crippen molar-refractivity contribution in [1.82, 2.24) is 19.9 Å². The van der Waals surface area contributed by atoms with Gasteiger partial charge in [-0.3, -0.25) is 9.59 Å². The van der Waals surface area contributed by atoms with Gasteiger partial charge < -0.3 is 10.2 Å². The monoisotopic (exact) mass is 409 g/mol. The Labute approximate surface area is 172 Å². The van der Waals surface area contributed by atoms with E-state index in [9.17, 15) is 9.59 Å². The lowest BCUT2D eigenvalue weighted by molar-refractivity contribution is -0.123. The van der Waals surface area contributed by atoms with Crippen molar-refractivity contribution in [3.8, 4) is 0 Å². The molecule has 1 aromatic carbocycles. The summed E-state index contributed by atoms with van der Waals surface area (Å²) in [5.74, 6) is 0.0416. The fourth-order valence-electron chi connectivity index (χ4n) is 4.47. The van der Waals surface area contributed by atoms with E-state index < -0.39 is 0 Å². The lowest BCUT2D eigenvalue weighted by Crippen LogP contribution is -2.45. The van der Waals surface area contributed by atoms with Crippen LogP contribution in [0.5, 0.6) is 0 Å². The van der Waals surface area contributed by atoms with Crippen molar-refractivity contribution in [1.29, 1.82) is 0 Å². The Bertz CT molecular complexity index is 1140. The van der Waals surface area contributed by atoms with E-state index in [2.05, 4.69) is 33.6 Å². The molecule has 0 saturated carbocycles. The van der Waals surface area contributed by atoms with Crippen molar-refractivity contribution in [2.75, 3.05) is 11.4 Å². The molecule has 1 N–H and O–H groups in total. The molecule has 3 aromatic rings. The number of rotatable bonds is 3. The number of nitrogens with one attached hydrogen (secondary N) is 1. The first-order chi connectivity index (χ1) is 14.1. The molecule has 150 valence electrons. The van der Waals surface area contributed by atoms with Gasteiger partial charge in [-0.1, -0.05) is 35.6 Å². The SMILES string of the molecule is Cc1cc(=O)n2nc(N3CCC[C@@H]3C(=O)N[C@@H]3CCCc4ccccc43)sc2n1. The third-order valence-electron chi connectivity index (χ3n) is 5.85. The highest BCUT2D eigenvalue weighted by atomic mass is 32.1. The molecule has 1 amide bonds. The fraction of sp³-hybridized carbons (Fsp3) is 0.429. The number of fused-ring (bicyclic) bond motifs is 2. The molecule has 0 unspecified atom stereocenters. The zero-order chi connectivity index (χ0) is 20.0. The highest BCUT2D eigenvalue weighted by Crippen LogP contribution is 2.32. The van der Waals surface area contributed by atoms with Crippen molar-refractivity contribution in [2.24, 2.45) is 0 Å². The van der Waals surface area contributed by atoms with E-state index in [-0.39, 0.29) is 23.6 Å². The second kappa shape index (κ2) is 7.26. The van der Waals surface area contributed by atoms with Gasteiger partial charge in [0.15, 0.2) is 0 Å². The Kier molecular flexibility index (Phi) is 4.58. The average molecular weight is 410 g/mol. The number of hydrogen-bond acceptors (Lipinski definition) is 6. The summed E-state index contributed by atoms with van der Waals surface area (Å²) in [7, 11) is 0. The van der Waals surface area contributed by atoms with Crippen LogP contribution >= 0.6 is 11.3 Å². The Morgan fingerprint density at radius 1 is 1.24 bits per heavy atom. The molecule has 1 fully saturated rings. The molecule has 7 nitrogen and oxygen atoms in total. The summed E-state index contributed by atoms with van der Waals surface area (Å²) in [6.45, 7) is 2.56. The van der Waals surface area contributed by atoms with Gasteiger partial charge in [0.2, 0.25) is 16.0 Å². The molecule has 2 aliphatic rings. The van der Waals surface area contributed by atoms with Crippen LogP contribution in [-0.2, 0) is 11.2 Å². The van der Waals surface area contributed by atoms with Gasteiger partial charge in [0.25, 0.3) is 5.56 Å². The van der Waals surface area contributed by atoms with Crippen LogP contribution in [0.15, 0.2) is 35.1 Å². The van der Waals surface area contributed by atoms with Crippen LogP contribution in [0.3, 0.4) is 0 Å². The standard InChI is InChI=1S/C21H23N5O2S/c1-13-12-18(27)26-20(22-13)29-21(24-26)25-11-5-10-17(25)19(28)23-16-9-4-7-14-6-2-3-8-15(14)16/h2-3,6,8,12,16-17H,4-5,7,9-11H2,1H3,(H,23,28)/t16-,17-/m1/s1. The average Bonchev–Trinajstić information content (AvgIpc) is 3.35. The van der Waals surface area contributed by atoms with E-state index in [1.54, 1.807) is 6.92 Å². The summed E-state index contributed by atoms with van der Waals surface area (Å²) in [5, 5.41) is 8.42. The highest BCUT2D eigenvalue weighted by Gasteiger charge is 2.35. The Morgan fingerprint density at radius 3 is 3.00 bits per heavy atom. The Balaban J connectivity index is 1.39. The zero-order valence-corrected chi connectivity index (χ0v) is 17.1. The first kappa shape index (κ1) is 18.3. The fourth-order valence-corrected chi connectivity index (χ4v) is 5.49. The van der Waals surface area contributed by atoms with E-state index in [0.29, 0.717) is 15.8 Å². The molecule has 0 spiro atoms. The lowest BCUT2D eigenvalue weighted by atomic mass is 9.87. The molecular formula is C21H23N5O2S. The number of aryl methyl sites for hydroxylation is 2. The van der Waals surface area contributed by atoms with Crippen molar-refractivity contribution in [3.05, 3.63) is 57.5 Å². The van der Waals surface area contributed by atoms with Gasteiger partial charge in [-0.2, -0.15) is 4.52 Å². The third kappa shape index (κ3) is 3.31. The molecule has 1 aliphatic heterocycles. The smallest absolute Gasteiger partial charge is 0.275 e. The number of amides is 1. The van der Waals surface area contributed by atoms with Gasteiger partial charge in [-0.25, -0.2) is 4.98 Å². The number of benzene rings is 1. The van der Waals surface area contributed by atoms with Crippen molar-refractivity contribution in [3.63, 3.8) is 0 Å². The molecule has 2 aromatic heterocycles. The van der Waals surface area contributed by atoms with Gasteiger partial charge in [0.05, 0.1) is 6.04 Å². The van der Waals surface area contributed by atoms with Crippen LogP contribution in [0.25, 0.3) is 4.96 Å². The summed E-state index contributed by atoms with van der Waals surface area (Å²) in [4.78, 5) is 32.4. The van der Waals surface area contributed by atoms with E-state index >= 15 is 0 Å². The number of carbonyl (C=O) groups is 1. The molecule has 2 atom stereocenters. The number of carbonyl (C=O) groups excluding carboxylic acids is 1. The van der Waals surface area contributed by atoms with Gasteiger partial charge >= 0.3 is 0 Å². The highest BCUT2D eigenvalue weighted by molar-refractivity contribution is 7.20. The maximum atomic E-state index is 13.2. The lowest BCUT2D eigenvalue weighted by Gasteiger charge is -2.29. The van der Waals surface area contributed by atoms with E-state index in [1.165, 1.54) is 33.0 Å². The molecule has 0 bridgehead atoms. The van der Waals surface area contributed by atoms with Crippen LogP contribution in [0.2, 0.25) is 0 Å². The van der Waals surface area contributed by atoms with Crippen molar-refractivity contribution in [2.45, 2.75) is 51.1 Å². The van der Waals surface area contributed by atoms with E-state index in [0.717, 1.165) is 38.6 Å². The van der Waals surface area contributed by atoms with Gasteiger partial charge in [0, 0.05) is 18.3 Å². The maximum Gasteiger partial charge on any atom is 0.275 e. The van der Waals surface area contributed by atoms with Crippen LogP contribution in [0, 0.1) is 6.92 Å². The summed E-state index contributed by atoms with van der Waals surface area (Å²) < 4.78 is 1.33. The minimum Gasteiger partial charge on any atom is -0.347 e. The van der Waals surface area contributed by atoms with Crippen molar-refractivity contribution < 1.29 is 4.79 Å². The van der Waals surface area contributed by atoms with Crippen LogP contribution in [0.1, 0.15) is 48.5 Å². The van der Waals surface area contributed by atoms with Gasteiger partial charge in [-0.05, 0) is 50.2 Å². The van der Waals surface area contributed by atoms with Crippen LogP contribution in [-0.4, -0.2) is 33.1 Å². The number of aromatic nitrogens is 3. The predicted octanol–water partition coefficient (Wildman–Crippen LogP) is 2.62. The van der Waals surface area contributed by atoms with Crippen LogP contribution in [0.4, 0.5) is 5.13 Å². The number of anilines is 1. The quantitative estimate of drug-likeness (QED) is 0.719. The molecular weight excluding hydrogens is 386 g/mol. The normalized spacial score (nSPS) is 21.3. The largest absolute Gasteiger partial charge is 0.347 e. The van der Waals surface area contributed by atoms with E-state index in [1.807, 2.05) is 11.0 Å². The van der Waals surface area contributed by atoms with Crippen LogP contribution < -0.4 is 15.8 Å². The minimum atomic E-state index is -0.263. The minimum absolute atomic E-state index is 0.0416. The van der Waals surface area contributed by atoms with E-state index in [4.69, 9.17) is 0 Å². The predicted molar refractivity (Wildman–Crippen MR) is 113 cm³/mol. The van der Waals surface area contributed by atoms with Gasteiger partial charge in [-0.15, -0.1) is 5.10 Å². The summed E-state index contributed by atoms with van der Waals surface area (Å²) in [6, 6.07) is 9.67. The molecule has 29 heavy (non-hydrogen) atoms. The second-order valence-corrected chi connectivity index (χ2v) is 8.75. The van der Waals surface area contributed by atoms with Crippen molar-refractivity contribution >= 4 is 27.3 Å². The zero-order valence-electron chi connectivity index (χ0n) is 16.3. The summed E-state index contributed by atoms with van der Waals surface area (Å²) in [6.07, 6.45) is 4.84. The first-order valence-electron chi connectivity index (χ1n) is 10.1. The summed E-state index contributed by atoms with van der Waals surface area (Å²) >= 11 is 1.37. The molecule has 1 aliphatic carbocycles. The number of nitrogens with zero attached hydrogens (tertiary/aromatic N) is 4. The second-order valence-electron chi connectivity index (χ2n) is 7.82. The molecule has 8 heteroatoms. The topological polar surface area (TPSA) is 79.6 Å². The maximum absolute atomic E-state index is 13.2. The molecule has 5 rings (SSSR count). The van der Waals surface area contributed by atoms with Gasteiger partial charge in [0.1, 0.15) is 6.04 Å². The first-order valence-corrected chi connectivity index (χ1v) is 10.9. The molecule has 3 heterocycles. The number of hydrogen-bond donors (Lipinski definition) is 1. The Morgan fingerprint density at radius 2 is 2.10 bits per heavy atom. The molecule has 0 radical (unpaired) electrons.